The Morgan fingerprint density at radius 2 is 2.08 bits per heavy atom. The number of nitrogens with one attached hydrogen (secondary N) is 1. The van der Waals surface area contributed by atoms with Crippen LogP contribution >= 0.6 is 0 Å². The van der Waals surface area contributed by atoms with Crippen molar-refractivity contribution in [2.24, 2.45) is 17.6 Å². The van der Waals surface area contributed by atoms with Crippen molar-refractivity contribution in [3.63, 3.8) is 0 Å². The maximum atomic E-state index is 12.5. The van der Waals surface area contributed by atoms with Crippen LogP contribution < -0.4 is 15.8 Å². The minimum Gasteiger partial charge on any atom is -0.493 e. The van der Waals surface area contributed by atoms with Gasteiger partial charge in [0.1, 0.15) is 12.0 Å². The molecule has 1 saturated carbocycles. The van der Waals surface area contributed by atoms with E-state index in [0.29, 0.717) is 29.5 Å². The number of aldehydes is 1. The lowest BCUT2D eigenvalue weighted by atomic mass is 9.84. The van der Waals surface area contributed by atoms with Gasteiger partial charge >= 0.3 is 0 Å². The third-order valence-corrected chi connectivity index (χ3v) is 4.45. The molecule has 2 unspecified atom stereocenters. The van der Waals surface area contributed by atoms with Gasteiger partial charge in [-0.15, -0.1) is 0 Å². The fourth-order valence-electron chi connectivity index (χ4n) is 2.98. The molecule has 0 aromatic heterocycles. The summed E-state index contributed by atoms with van der Waals surface area (Å²) in [6.07, 6.45) is 5.51. The Balaban J connectivity index is 2.05. The van der Waals surface area contributed by atoms with Gasteiger partial charge in [0.05, 0.1) is 12.5 Å². The van der Waals surface area contributed by atoms with Crippen molar-refractivity contribution in [2.45, 2.75) is 52.0 Å². The lowest BCUT2D eigenvalue weighted by Crippen LogP contribution is -2.40. The van der Waals surface area contributed by atoms with Gasteiger partial charge < -0.3 is 15.8 Å². The molecule has 1 aliphatic carbocycles. The van der Waals surface area contributed by atoms with Crippen molar-refractivity contribution in [2.75, 3.05) is 11.9 Å². The first-order valence-electron chi connectivity index (χ1n) is 8.79. The zero-order chi connectivity index (χ0) is 17.5. The average Bonchev–Trinajstić information content (AvgIpc) is 2.54. The van der Waals surface area contributed by atoms with Crippen LogP contribution in [0.5, 0.6) is 5.75 Å². The van der Waals surface area contributed by atoms with E-state index in [4.69, 9.17) is 10.5 Å². The van der Waals surface area contributed by atoms with E-state index in [1.54, 1.807) is 18.2 Å². The Morgan fingerprint density at radius 3 is 2.75 bits per heavy atom. The number of ether oxygens (including phenoxy) is 1. The highest BCUT2D eigenvalue weighted by Gasteiger charge is 2.28. The standard InChI is InChI=1S/C19H28N2O3/c1-13(2)7-8-24-16-10-14(12-22)9-15(11-16)21-19(23)17-5-3-4-6-18(17)20/h9-13,17-18H,3-8,20H2,1-2H3,(H,21,23). The number of carbonyl (C=O) groups is 2. The molecule has 2 rings (SSSR count). The van der Waals surface area contributed by atoms with Gasteiger partial charge in [-0.05, 0) is 37.3 Å². The lowest BCUT2D eigenvalue weighted by molar-refractivity contribution is -0.121. The van der Waals surface area contributed by atoms with Crippen molar-refractivity contribution in [1.82, 2.24) is 0 Å². The molecule has 0 heterocycles. The molecule has 3 N–H and O–H groups in total. The fraction of sp³-hybridized carbons (Fsp3) is 0.579. The number of nitrogens with two attached hydrogens (primary N) is 1. The molecule has 0 aliphatic heterocycles. The topological polar surface area (TPSA) is 81.4 Å². The van der Waals surface area contributed by atoms with E-state index in [-0.39, 0.29) is 17.9 Å². The highest BCUT2D eigenvalue weighted by Crippen LogP contribution is 2.26. The quantitative estimate of drug-likeness (QED) is 0.750. The third-order valence-electron chi connectivity index (χ3n) is 4.45. The van der Waals surface area contributed by atoms with E-state index < -0.39 is 0 Å². The smallest absolute Gasteiger partial charge is 0.229 e. The van der Waals surface area contributed by atoms with Crippen LogP contribution in [0.4, 0.5) is 5.69 Å². The summed E-state index contributed by atoms with van der Waals surface area (Å²) in [5.41, 5.74) is 7.14. The highest BCUT2D eigenvalue weighted by molar-refractivity contribution is 5.94. The average molecular weight is 332 g/mol. The Kier molecular flexibility index (Phi) is 6.79. The first-order valence-corrected chi connectivity index (χ1v) is 8.79. The van der Waals surface area contributed by atoms with E-state index in [9.17, 15) is 9.59 Å². The van der Waals surface area contributed by atoms with Crippen molar-refractivity contribution in [3.8, 4) is 5.75 Å². The molecule has 1 amide bonds. The molecule has 24 heavy (non-hydrogen) atoms. The van der Waals surface area contributed by atoms with Crippen LogP contribution in [-0.2, 0) is 4.79 Å². The predicted octanol–water partition coefficient (Wildman–Crippen LogP) is 3.38. The molecular weight excluding hydrogens is 304 g/mol. The van der Waals surface area contributed by atoms with Crippen LogP contribution in [0, 0.1) is 11.8 Å². The number of carbonyl (C=O) groups excluding carboxylic acids is 2. The molecular formula is C19H28N2O3. The number of hydrogen-bond acceptors (Lipinski definition) is 4. The largest absolute Gasteiger partial charge is 0.493 e. The molecule has 5 heteroatoms. The summed E-state index contributed by atoms with van der Waals surface area (Å²) < 4.78 is 5.71. The second-order valence-corrected chi connectivity index (χ2v) is 6.98. The number of benzene rings is 1. The van der Waals surface area contributed by atoms with Crippen molar-refractivity contribution >= 4 is 17.9 Å². The van der Waals surface area contributed by atoms with Gasteiger partial charge in [-0.3, -0.25) is 9.59 Å². The fourth-order valence-corrected chi connectivity index (χ4v) is 2.98. The molecule has 0 saturated heterocycles. The Morgan fingerprint density at radius 1 is 1.33 bits per heavy atom. The minimum absolute atomic E-state index is 0.0709. The van der Waals surface area contributed by atoms with Gasteiger partial charge in [0.25, 0.3) is 0 Å². The zero-order valence-electron chi connectivity index (χ0n) is 14.6. The summed E-state index contributed by atoms with van der Waals surface area (Å²) in [7, 11) is 0. The van der Waals surface area contributed by atoms with Crippen LogP contribution in [-0.4, -0.2) is 24.8 Å². The lowest BCUT2D eigenvalue weighted by Gasteiger charge is -2.27. The van der Waals surface area contributed by atoms with Gasteiger partial charge in [0.15, 0.2) is 0 Å². The van der Waals surface area contributed by atoms with E-state index >= 15 is 0 Å². The van der Waals surface area contributed by atoms with Gasteiger partial charge in [-0.1, -0.05) is 26.7 Å². The van der Waals surface area contributed by atoms with E-state index in [1.165, 1.54) is 0 Å². The van der Waals surface area contributed by atoms with Crippen molar-refractivity contribution < 1.29 is 14.3 Å². The van der Waals surface area contributed by atoms with Crippen LogP contribution in [0.2, 0.25) is 0 Å². The Labute approximate surface area is 143 Å². The van der Waals surface area contributed by atoms with Crippen LogP contribution in [0.3, 0.4) is 0 Å². The monoisotopic (exact) mass is 332 g/mol. The summed E-state index contributed by atoms with van der Waals surface area (Å²) in [5.74, 6) is 0.914. The van der Waals surface area contributed by atoms with E-state index in [0.717, 1.165) is 38.4 Å². The molecule has 132 valence electrons. The maximum Gasteiger partial charge on any atom is 0.229 e. The van der Waals surface area contributed by atoms with Crippen LogP contribution in [0.1, 0.15) is 56.3 Å². The first-order chi connectivity index (χ1) is 11.5. The zero-order valence-corrected chi connectivity index (χ0v) is 14.6. The molecule has 1 aromatic rings. The molecule has 2 atom stereocenters. The molecule has 0 spiro atoms. The molecule has 1 aliphatic rings. The maximum absolute atomic E-state index is 12.5. The number of hydrogen-bond donors (Lipinski definition) is 2. The molecule has 1 aromatic carbocycles. The molecule has 1 fully saturated rings. The van der Waals surface area contributed by atoms with E-state index in [2.05, 4.69) is 19.2 Å². The first kappa shape index (κ1) is 18.5. The summed E-state index contributed by atoms with van der Waals surface area (Å²) >= 11 is 0. The second kappa shape index (κ2) is 8.83. The Hall–Kier alpha value is -1.88. The predicted molar refractivity (Wildman–Crippen MR) is 95.3 cm³/mol. The summed E-state index contributed by atoms with van der Waals surface area (Å²) in [5, 5.41) is 2.90. The number of anilines is 1. The summed E-state index contributed by atoms with van der Waals surface area (Å²) in [6.45, 7) is 4.84. The SMILES string of the molecule is CC(C)CCOc1cc(C=O)cc(NC(=O)C2CCCCC2N)c1. The summed E-state index contributed by atoms with van der Waals surface area (Å²) in [4.78, 5) is 23.6. The van der Waals surface area contributed by atoms with Crippen LogP contribution in [0.25, 0.3) is 0 Å². The van der Waals surface area contributed by atoms with Gasteiger partial charge in [-0.2, -0.15) is 0 Å². The van der Waals surface area contributed by atoms with Gasteiger partial charge in [-0.25, -0.2) is 0 Å². The second-order valence-electron chi connectivity index (χ2n) is 6.98. The number of amides is 1. The van der Waals surface area contributed by atoms with Crippen LogP contribution in [0.15, 0.2) is 18.2 Å². The summed E-state index contributed by atoms with van der Waals surface area (Å²) in [6, 6.07) is 5.03. The molecule has 0 radical (unpaired) electrons. The normalized spacial score (nSPS) is 20.7. The highest BCUT2D eigenvalue weighted by atomic mass is 16.5. The van der Waals surface area contributed by atoms with Crippen molar-refractivity contribution in [1.29, 1.82) is 0 Å². The third kappa shape index (κ3) is 5.34. The molecule has 5 nitrogen and oxygen atoms in total. The van der Waals surface area contributed by atoms with Gasteiger partial charge in [0.2, 0.25) is 5.91 Å². The van der Waals surface area contributed by atoms with Gasteiger partial charge in [0, 0.05) is 23.4 Å². The Bertz CT molecular complexity index is 572. The van der Waals surface area contributed by atoms with E-state index in [1.807, 2.05) is 0 Å². The van der Waals surface area contributed by atoms with Crippen molar-refractivity contribution in [3.05, 3.63) is 23.8 Å². The molecule has 0 bridgehead atoms. The number of rotatable bonds is 7. The minimum atomic E-state index is -0.163.